The predicted molar refractivity (Wildman–Crippen MR) is 72.8 cm³/mol. The Morgan fingerprint density at radius 3 is 2.26 bits per heavy atom. The van der Waals surface area contributed by atoms with Gasteiger partial charge in [0.15, 0.2) is 0 Å². The molecular weight excluding hydrogens is 268 g/mol. The monoisotopic (exact) mass is 290 g/mol. The van der Waals surface area contributed by atoms with Crippen LogP contribution in [0.3, 0.4) is 0 Å². The smallest absolute Gasteiger partial charge is 0.407 e. The summed E-state index contributed by atoms with van der Waals surface area (Å²) >= 11 is 0. The lowest BCUT2D eigenvalue weighted by Gasteiger charge is -2.22. The van der Waals surface area contributed by atoms with Gasteiger partial charge in [-0.2, -0.15) is 0 Å². The Hall–Kier alpha value is -1.38. The molecular formula is C11H22N2O5Si. The van der Waals surface area contributed by atoms with Crippen molar-refractivity contribution in [3.05, 3.63) is 12.2 Å². The summed E-state index contributed by atoms with van der Waals surface area (Å²) < 4.78 is 15.3. The molecule has 8 heteroatoms. The average molecular weight is 290 g/mol. The number of alkyl carbamates (subject to hydrolysis) is 1. The first-order valence-electron chi connectivity index (χ1n) is 5.79. The van der Waals surface area contributed by atoms with Gasteiger partial charge in [-0.05, 0) is 13.5 Å². The normalized spacial score (nSPS) is 10.7. The van der Waals surface area contributed by atoms with Crippen molar-refractivity contribution >= 4 is 20.6 Å². The van der Waals surface area contributed by atoms with Crippen LogP contribution >= 0.6 is 0 Å². The molecule has 0 radical (unpaired) electrons. The molecule has 2 N–H and O–H groups in total. The zero-order valence-corrected chi connectivity index (χ0v) is 12.9. The Bertz CT molecular complexity index is 331. The Balaban J connectivity index is 3.77. The van der Waals surface area contributed by atoms with Crippen LogP contribution in [0.25, 0.3) is 0 Å². The van der Waals surface area contributed by atoms with Crippen LogP contribution < -0.4 is 10.6 Å². The Morgan fingerprint density at radius 1 is 1.21 bits per heavy atom. The standard InChI is InChI=1S/C11H22N2O5Si/c1-9(2)10(14)12-6-7-18-11(15)13-8-19(5,16-3)17-4/h1,6-8H2,2-5H3,(H,12,14)(H,13,15). The zero-order valence-electron chi connectivity index (χ0n) is 11.9. The van der Waals surface area contributed by atoms with Crippen molar-refractivity contribution in [2.45, 2.75) is 13.5 Å². The van der Waals surface area contributed by atoms with E-state index in [9.17, 15) is 9.59 Å². The van der Waals surface area contributed by atoms with Crippen molar-refractivity contribution in [2.24, 2.45) is 0 Å². The molecule has 0 aromatic heterocycles. The van der Waals surface area contributed by atoms with E-state index in [2.05, 4.69) is 17.2 Å². The average Bonchev–Trinajstić information content (AvgIpc) is 2.40. The zero-order chi connectivity index (χ0) is 14.9. The van der Waals surface area contributed by atoms with E-state index >= 15 is 0 Å². The molecule has 0 atom stereocenters. The lowest BCUT2D eigenvalue weighted by atomic mass is 10.3. The van der Waals surface area contributed by atoms with Crippen molar-refractivity contribution in [3.8, 4) is 0 Å². The summed E-state index contributed by atoms with van der Waals surface area (Å²) in [5.74, 6) is -0.261. The van der Waals surface area contributed by atoms with Crippen molar-refractivity contribution in [2.75, 3.05) is 33.5 Å². The predicted octanol–water partition coefficient (Wildman–Crippen LogP) is 0.309. The highest BCUT2D eigenvalue weighted by Crippen LogP contribution is 2.01. The molecule has 0 aliphatic heterocycles. The number of hydrogen-bond acceptors (Lipinski definition) is 5. The first kappa shape index (κ1) is 17.6. The van der Waals surface area contributed by atoms with Crippen LogP contribution in [0.5, 0.6) is 0 Å². The van der Waals surface area contributed by atoms with E-state index in [-0.39, 0.29) is 25.2 Å². The number of ether oxygens (including phenoxy) is 1. The topological polar surface area (TPSA) is 85.9 Å². The van der Waals surface area contributed by atoms with E-state index in [1.165, 1.54) is 14.2 Å². The van der Waals surface area contributed by atoms with Crippen LogP contribution in [0.15, 0.2) is 12.2 Å². The summed E-state index contributed by atoms with van der Waals surface area (Å²) in [6.45, 7) is 7.23. The molecule has 0 fully saturated rings. The van der Waals surface area contributed by atoms with Crippen LogP contribution in [0, 0.1) is 0 Å². The van der Waals surface area contributed by atoms with Gasteiger partial charge in [0, 0.05) is 19.8 Å². The molecule has 0 aliphatic rings. The van der Waals surface area contributed by atoms with Gasteiger partial charge in [0.1, 0.15) is 6.61 Å². The molecule has 7 nitrogen and oxygen atoms in total. The van der Waals surface area contributed by atoms with Gasteiger partial charge in [-0.3, -0.25) is 4.79 Å². The van der Waals surface area contributed by atoms with Gasteiger partial charge in [-0.1, -0.05) is 6.58 Å². The minimum Gasteiger partial charge on any atom is -0.448 e. The van der Waals surface area contributed by atoms with Gasteiger partial charge in [0.05, 0.1) is 12.7 Å². The maximum Gasteiger partial charge on any atom is 0.407 e. The van der Waals surface area contributed by atoms with Crippen LogP contribution in [0.1, 0.15) is 6.92 Å². The maximum absolute atomic E-state index is 11.3. The first-order valence-corrected chi connectivity index (χ1v) is 8.31. The fourth-order valence-electron chi connectivity index (χ4n) is 0.971. The highest BCUT2D eigenvalue weighted by Gasteiger charge is 2.29. The molecule has 0 unspecified atom stereocenters. The SMILES string of the molecule is C=C(C)C(=O)NCCOC(=O)NC[Si](C)(OC)OC. The molecule has 0 saturated heterocycles. The van der Waals surface area contributed by atoms with Crippen LogP contribution in [-0.2, 0) is 18.4 Å². The van der Waals surface area contributed by atoms with Crippen molar-refractivity contribution in [1.29, 1.82) is 0 Å². The molecule has 0 aromatic rings. The van der Waals surface area contributed by atoms with E-state index in [1.54, 1.807) is 6.92 Å². The molecule has 0 aliphatic carbocycles. The third kappa shape index (κ3) is 7.60. The summed E-state index contributed by atoms with van der Waals surface area (Å²) in [5, 5.41) is 5.10. The van der Waals surface area contributed by atoms with Crippen LogP contribution in [-0.4, -0.2) is 54.1 Å². The quantitative estimate of drug-likeness (QED) is 0.382. The number of rotatable bonds is 8. The van der Waals surface area contributed by atoms with Crippen molar-refractivity contribution in [3.63, 3.8) is 0 Å². The molecule has 0 aromatic carbocycles. The lowest BCUT2D eigenvalue weighted by molar-refractivity contribution is -0.117. The minimum absolute atomic E-state index is 0.0864. The largest absolute Gasteiger partial charge is 0.448 e. The summed E-state index contributed by atoms with van der Waals surface area (Å²) in [7, 11) is 0.741. The third-order valence-electron chi connectivity index (χ3n) is 2.43. The summed E-state index contributed by atoms with van der Waals surface area (Å²) in [6.07, 6.45) is -0.283. The highest BCUT2D eigenvalue weighted by molar-refractivity contribution is 6.66. The summed E-state index contributed by atoms with van der Waals surface area (Å²) in [4.78, 5) is 22.5. The van der Waals surface area contributed by atoms with E-state index < -0.39 is 14.7 Å². The van der Waals surface area contributed by atoms with Gasteiger partial charge in [-0.15, -0.1) is 0 Å². The van der Waals surface area contributed by atoms with Crippen LogP contribution in [0.2, 0.25) is 6.55 Å². The molecule has 19 heavy (non-hydrogen) atoms. The highest BCUT2D eigenvalue weighted by atomic mass is 28.4. The Morgan fingerprint density at radius 2 is 1.79 bits per heavy atom. The van der Waals surface area contributed by atoms with Crippen LogP contribution in [0.4, 0.5) is 4.79 Å². The molecule has 0 heterocycles. The molecule has 0 saturated carbocycles. The van der Waals surface area contributed by atoms with E-state index in [4.69, 9.17) is 13.6 Å². The van der Waals surface area contributed by atoms with Gasteiger partial charge in [0.25, 0.3) is 0 Å². The maximum atomic E-state index is 11.3. The lowest BCUT2D eigenvalue weighted by Crippen LogP contribution is -2.49. The Labute approximate surface area is 114 Å². The molecule has 0 spiro atoms. The second kappa shape index (κ2) is 8.67. The van der Waals surface area contributed by atoms with E-state index in [0.29, 0.717) is 5.57 Å². The summed E-state index contributed by atoms with van der Waals surface area (Å²) in [5.41, 5.74) is 0.409. The summed E-state index contributed by atoms with van der Waals surface area (Å²) in [6, 6.07) is 0. The first-order chi connectivity index (χ1) is 8.84. The number of nitrogens with one attached hydrogen (secondary N) is 2. The van der Waals surface area contributed by atoms with Gasteiger partial charge < -0.3 is 24.2 Å². The third-order valence-corrected chi connectivity index (χ3v) is 4.97. The second-order valence-electron chi connectivity index (χ2n) is 4.07. The fourth-order valence-corrected chi connectivity index (χ4v) is 1.89. The fraction of sp³-hybridized carbons (Fsp3) is 0.636. The molecule has 0 bridgehead atoms. The number of hydrogen-bond donors (Lipinski definition) is 2. The number of carbonyl (C=O) groups excluding carboxylic acids is 2. The number of carbonyl (C=O) groups is 2. The van der Waals surface area contributed by atoms with E-state index in [1.807, 2.05) is 6.55 Å². The van der Waals surface area contributed by atoms with Crippen molar-refractivity contribution < 1.29 is 23.2 Å². The minimum atomic E-state index is -2.33. The second-order valence-corrected chi connectivity index (χ2v) is 7.51. The molecule has 2 amide bonds. The van der Waals surface area contributed by atoms with Crippen molar-refractivity contribution in [1.82, 2.24) is 10.6 Å². The molecule has 110 valence electrons. The van der Waals surface area contributed by atoms with E-state index in [0.717, 1.165) is 0 Å². The number of amides is 2. The van der Waals surface area contributed by atoms with Gasteiger partial charge in [0.2, 0.25) is 5.91 Å². The van der Waals surface area contributed by atoms with Gasteiger partial charge in [-0.25, -0.2) is 4.79 Å². The Kier molecular flexibility index (Phi) is 8.04. The van der Waals surface area contributed by atoms with Gasteiger partial charge >= 0.3 is 14.7 Å². The molecule has 0 rings (SSSR count).